The Hall–Kier alpha value is -1.72. The topological polar surface area (TPSA) is 59.4 Å². The number of aromatic nitrogens is 1. The summed E-state index contributed by atoms with van der Waals surface area (Å²) in [5.41, 5.74) is -0.587. The second-order valence-electron chi connectivity index (χ2n) is 2.83. The van der Waals surface area contributed by atoms with Gasteiger partial charge in [0, 0.05) is 17.3 Å². The van der Waals surface area contributed by atoms with Gasteiger partial charge in [0.15, 0.2) is 11.4 Å². The molecule has 0 aliphatic carbocycles. The van der Waals surface area contributed by atoms with E-state index < -0.39 is 12.4 Å². The van der Waals surface area contributed by atoms with Gasteiger partial charge in [-0.1, -0.05) is 0 Å². The maximum atomic E-state index is 12.4. The van der Waals surface area contributed by atoms with E-state index in [2.05, 4.69) is 4.98 Å². The SMILES string of the molecule is COc1c(C(=O)O)ncc(C(F)F)c1C. The average molecular weight is 217 g/mol. The first kappa shape index (κ1) is 11.4. The number of carbonyl (C=O) groups is 1. The van der Waals surface area contributed by atoms with Gasteiger partial charge in [0.1, 0.15) is 0 Å². The summed E-state index contributed by atoms with van der Waals surface area (Å²) < 4.78 is 29.6. The van der Waals surface area contributed by atoms with Gasteiger partial charge in [0.25, 0.3) is 6.43 Å². The highest BCUT2D eigenvalue weighted by atomic mass is 19.3. The van der Waals surface area contributed by atoms with Gasteiger partial charge in [0.2, 0.25) is 0 Å². The number of ether oxygens (including phenoxy) is 1. The summed E-state index contributed by atoms with van der Waals surface area (Å²) >= 11 is 0. The lowest BCUT2D eigenvalue weighted by atomic mass is 10.1. The molecule has 0 atom stereocenters. The maximum Gasteiger partial charge on any atom is 0.358 e. The van der Waals surface area contributed by atoms with E-state index in [9.17, 15) is 13.6 Å². The van der Waals surface area contributed by atoms with Gasteiger partial charge >= 0.3 is 5.97 Å². The Kier molecular flexibility index (Phi) is 3.18. The number of hydrogen-bond acceptors (Lipinski definition) is 3. The second-order valence-corrected chi connectivity index (χ2v) is 2.83. The second kappa shape index (κ2) is 4.20. The number of alkyl halides is 2. The molecular weight excluding hydrogens is 208 g/mol. The number of hydrogen-bond donors (Lipinski definition) is 1. The number of rotatable bonds is 3. The van der Waals surface area contributed by atoms with Gasteiger partial charge in [-0.05, 0) is 6.92 Å². The van der Waals surface area contributed by atoms with E-state index in [0.29, 0.717) is 0 Å². The molecule has 0 saturated heterocycles. The molecule has 1 aromatic rings. The van der Waals surface area contributed by atoms with Crippen molar-refractivity contribution in [3.05, 3.63) is 23.0 Å². The minimum Gasteiger partial charge on any atom is -0.494 e. The molecule has 0 aliphatic heterocycles. The van der Waals surface area contributed by atoms with E-state index in [1.54, 1.807) is 0 Å². The van der Waals surface area contributed by atoms with E-state index in [0.717, 1.165) is 6.20 Å². The molecule has 0 aliphatic rings. The van der Waals surface area contributed by atoms with Crippen LogP contribution in [0.2, 0.25) is 0 Å². The van der Waals surface area contributed by atoms with E-state index >= 15 is 0 Å². The standard InChI is InChI=1S/C9H9F2NO3/c1-4-5(8(10)11)3-12-6(9(13)14)7(4)15-2/h3,8H,1-2H3,(H,13,14). The first-order valence-corrected chi connectivity index (χ1v) is 4.04. The number of carboxylic acid groups (broad SMARTS) is 1. The summed E-state index contributed by atoms with van der Waals surface area (Å²) in [6.07, 6.45) is -1.85. The first-order chi connectivity index (χ1) is 6.99. The summed E-state index contributed by atoms with van der Waals surface area (Å²) in [5.74, 6) is -1.43. The molecule has 0 unspecified atom stereocenters. The Morgan fingerprint density at radius 3 is 2.60 bits per heavy atom. The lowest BCUT2D eigenvalue weighted by molar-refractivity contribution is 0.0685. The average Bonchev–Trinajstić information content (AvgIpc) is 2.16. The lowest BCUT2D eigenvalue weighted by Gasteiger charge is -2.11. The van der Waals surface area contributed by atoms with Gasteiger partial charge in [-0.25, -0.2) is 18.6 Å². The van der Waals surface area contributed by atoms with Crippen molar-refractivity contribution in [2.24, 2.45) is 0 Å². The predicted molar refractivity (Wildman–Crippen MR) is 47.4 cm³/mol. The smallest absolute Gasteiger partial charge is 0.358 e. The number of methoxy groups -OCH3 is 1. The van der Waals surface area contributed by atoms with Crippen molar-refractivity contribution in [2.75, 3.05) is 7.11 Å². The van der Waals surface area contributed by atoms with Crippen molar-refractivity contribution in [1.82, 2.24) is 4.98 Å². The van der Waals surface area contributed by atoms with Crippen LogP contribution >= 0.6 is 0 Å². The normalized spacial score (nSPS) is 10.5. The summed E-state index contributed by atoms with van der Waals surface area (Å²) in [6.45, 7) is 1.37. The zero-order chi connectivity index (χ0) is 11.6. The van der Waals surface area contributed by atoms with Crippen molar-refractivity contribution in [1.29, 1.82) is 0 Å². The van der Waals surface area contributed by atoms with Gasteiger partial charge in [0.05, 0.1) is 7.11 Å². The van der Waals surface area contributed by atoms with E-state index in [-0.39, 0.29) is 22.6 Å². The highest BCUT2D eigenvalue weighted by Gasteiger charge is 2.21. The van der Waals surface area contributed by atoms with E-state index in [1.807, 2.05) is 0 Å². The first-order valence-electron chi connectivity index (χ1n) is 4.04. The lowest BCUT2D eigenvalue weighted by Crippen LogP contribution is -2.07. The van der Waals surface area contributed by atoms with Crippen LogP contribution in [0, 0.1) is 6.92 Å². The Morgan fingerprint density at radius 1 is 1.60 bits per heavy atom. The minimum absolute atomic E-state index is 0.0971. The van der Waals surface area contributed by atoms with E-state index in [1.165, 1.54) is 14.0 Å². The fourth-order valence-corrected chi connectivity index (χ4v) is 1.22. The van der Waals surface area contributed by atoms with Crippen molar-refractivity contribution in [2.45, 2.75) is 13.3 Å². The van der Waals surface area contributed by atoms with Crippen LogP contribution in [0.3, 0.4) is 0 Å². The van der Waals surface area contributed by atoms with Gasteiger partial charge in [-0.3, -0.25) is 0 Å². The van der Waals surface area contributed by atoms with Crippen LogP contribution in [0.5, 0.6) is 5.75 Å². The van der Waals surface area contributed by atoms with Crippen LogP contribution in [0.15, 0.2) is 6.20 Å². The number of carboxylic acids is 1. The Labute approximate surface area is 84.5 Å². The Bertz CT molecular complexity index is 393. The molecule has 1 rings (SSSR count). The van der Waals surface area contributed by atoms with Crippen LogP contribution in [-0.2, 0) is 0 Å². The largest absolute Gasteiger partial charge is 0.494 e. The van der Waals surface area contributed by atoms with Gasteiger partial charge in [-0.15, -0.1) is 0 Å². The Morgan fingerprint density at radius 2 is 2.20 bits per heavy atom. The van der Waals surface area contributed by atoms with Crippen LogP contribution in [0.1, 0.15) is 28.0 Å². The number of halogens is 2. The number of aromatic carboxylic acids is 1. The molecule has 1 N–H and O–H groups in total. The molecule has 1 aromatic heterocycles. The fourth-order valence-electron chi connectivity index (χ4n) is 1.22. The molecule has 0 bridgehead atoms. The maximum absolute atomic E-state index is 12.4. The van der Waals surface area contributed by atoms with Crippen molar-refractivity contribution in [3.63, 3.8) is 0 Å². The zero-order valence-corrected chi connectivity index (χ0v) is 8.12. The summed E-state index contributed by atoms with van der Waals surface area (Å²) in [7, 11) is 1.21. The summed E-state index contributed by atoms with van der Waals surface area (Å²) in [6, 6.07) is 0. The van der Waals surface area contributed by atoms with Crippen LogP contribution in [-0.4, -0.2) is 23.2 Å². The number of pyridine rings is 1. The molecule has 0 radical (unpaired) electrons. The molecule has 1 heterocycles. The third-order valence-electron chi connectivity index (χ3n) is 1.96. The molecule has 82 valence electrons. The monoisotopic (exact) mass is 217 g/mol. The number of nitrogens with zero attached hydrogens (tertiary/aromatic N) is 1. The molecule has 4 nitrogen and oxygen atoms in total. The highest BCUT2D eigenvalue weighted by molar-refractivity contribution is 5.89. The minimum atomic E-state index is -2.70. The van der Waals surface area contributed by atoms with Crippen LogP contribution in [0.25, 0.3) is 0 Å². The van der Waals surface area contributed by atoms with Crippen LogP contribution < -0.4 is 4.74 Å². The molecule has 0 fully saturated rings. The van der Waals surface area contributed by atoms with Crippen molar-refractivity contribution in [3.8, 4) is 5.75 Å². The molecule has 0 saturated carbocycles. The molecule has 15 heavy (non-hydrogen) atoms. The van der Waals surface area contributed by atoms with Gasteiger partial charge in [-0.2, -0.15) is 0 Å². The Balaban J connectivity index is 3.39. The molecule has 0 spiro atoms. The highest BCUT2D eigenvalue weighted by Crippen LogP contribution is 2.30. The quantitative estimate of drug-likeness (QED) is 0.841. The fraction of sp³-hybridized carbons (Fsp3) is 0.333. The molecule has 6 heteroatoms. The van der Waals surface area contributed by atoms with E-state index in [4.69, 9.17) is 9.84 Å². The third-order valence-corrected chi connectivity index (χ3v) is 1.96. The van der Waals surface area contributed by atoms with Crippen LogP contribution in [0.4, 0.5) is 8.78 Å². The molecule has 0 aromatic carbocycles. The van der Waals surface area contributed by atoms with Crippen molar-refractivity contribution < 1.29 is 23.4 Å². The predicted octanol–water partition coefficient (Wildman–Crippen LogP) is 2.03. The summed E-state index contributed by atoms with van der Waals surface area (Å²) in [4.78, 5) is 14.1. The zero-order valence-electron chi connectivity index (χ0n) is 8.12. The van der Waals surface area contributed by atoms with Gasteiger partial charge < -0.3 is 9.84 Å². The summed E-state index contributed by atoms with van der Waals surface area (Å²) in [5, 5.41) is 8.72. The molecular formula is C9H9F2NO3. The van der Waals surface area contributed by atoms with Crippen molar-refractivity contribution >= 4 is 5.97 Å². The molecule has 0 amide bonds. The third kappa shape index (κ3) is 2.03.